The van der Waals surface area contributed by atoms with Gasteiger partial charge in [-0.25, -0.2) is 0 Å². The summed E-state index contributed by atoms with van der Waals surface area (Å²) in [7, 11) is -2.09. The molecule has 0 radical (unpaired) electrons. The third-order valence-corrected chi connectivity index (χ3v) is 4.54. The van der Waals surface area contributed by atoms with Crippen molar-refractivity contribution in [3.63, 3.8) is 0 Å². The maximum Gasteiger partial charge on any atom is 0.319 e. The monoisotopic (exact) mass is 309 g/mol. The molecular weight excluding hydrogens is 290 g/mol. The summed E-state index contributed by atoms with van der Waals surface area (Å²) < 4.78 is 11.8. The molecule has 21 heavy (non-hydrogen) atoms. The van der Waals surface area contributed by atoms with Crippen LogP contribution < -0.4 is 5.32 Å². The van der Waals surface area contributed by atoms with Gasteiger partial charge in [-0.2, -0.15) is 0 Å². The van der Waals surface area contributed by atoms with Gasteiger partial charge in [0.15, 0.2) is 0 Å². The first-order valence-corrected chi connectivity index (χ1v) is 7.65. The van der Waals surface area contributed by atoms with Crippen LogP contribution >= 0.6 is 0 Å². The quantitative estimate of drug-likeness (QED) is 0.789. The third kappa shape index (κ3) is 4.53. The van der Waals surface area contributed by atoms with Crippen molar-refractivity contribution in [3.8, 4) is 0 Å². The van der Waals surface area contributed by atoms with E-state index in [2.05, 4.69) is 11.9 Å². The van der Waals surface area contributed by atoms with Crippen LogP contribution in [-0.2, 0) is 15.6 Å². The fourth-order valence-electron chi connectivity index (χ4n) is 1.44. The number of rotatable bonds is 6. The highest BCUT2D eigenvalue weighted by Crippen LogP contribution is 2.15. The van der Waals surface area contributed by atoms with Gasteiger partial charge in [-0.05, 0) is 45.0 Å². The Morgan fingerprint density at radius 1 is 1.24 bits per heavy atom. The standard InChI is InChI=1S/C15H19NO4S/c1-9(2)10(3)16-13-7-5-12(6-8-13)15(19)21(20)11(4)14(17)18/h5-8,10-11,16H,1H2,2-4H3,(H,17,18). The van der Waals surface area contributed by atoms with E-state index in [9.17, 15) is 13.8 Å². The number of carboxylic acid groups (broad SMARTS) is 1. The summed E-state index contributed by atoms with van der Waals surface area (Å²) in [4.78, 5) is 22.7. The Morgan fingerprint density at radius 3 is 2.19 bits per heavy atom. The smallest absolute Gasteiger partial charge is 0.319 e. The van der Waals surface area contributed by atoms with E-state index in [1.165, 1.54) is 19.1 Å². The summed E-state index contributed by atoms with van der Waals surface area (Å²) in [6.07, 6.45) is 0. The number of carbonyl (C=O) groups is 2. The van der Waals surface area contributed by atoms with Crippen LogP contribution in [0.3, 0.4) is 0 Å². The van der Waals surface area contributed by atoms with Gasteiger partial charge in [0.25, 0.3) is 0 Å². The van der Waals surface area contributed by atoms with Gasteiger partial charge in [-0.1, -0.05) is 12.2 Å². The Labute approximate surface area is 126 Å². The predicted molar refractivity (Wildman–Crippen MR) is 83.9 cm³/mol. The Balaban J connectivity index is 2.83. The molecule has 0 spiro atoms. The van der Waals surface area contributed by atoms with Crippen LogP contribution in [0.4, 0.5) is 5.69 Å². The van der Waals surface area contributed by atoms with Crippen LogP contribution in [0.15, 0.2) is 36.4 Å². The molecule has 0 aliphatic heterocycles. The van der Waals surface area contributed by atoms with E-state index in [-0.39, 0.29) is 11.6 Å². The minimum atomic E-state index is -2.09. The second-order valence-electron chi connectivity index (χ2n) is 4.86. The molecule has 0 fully saturated rings. The summed E-state index contributed by atoms with van der Waals surface area (Å²) >= 11 is 0. The fraction of sp³-hybridized carbons (Fsp3) is 0.333. The van der Waals surface area contributed by atoms with Crippen molar-refractivity contribution in [2.45, 2.75) is 32.1 Å². The number of benzene rings is 1. The first-order chi connectivity index (χ1) is 9.73. The number of hydrogen-bond acceptors (Lipinski definition) is 4. The number of hydrogen-bond donors (Lipinski definition) is 2. The minimum absolute atomic E-state index is 0.0905. The lowest BCUT2D eigenvalue weighted by atomic mass is 10.1. The summed E-state index contributed by atoms with van der Waals surface area (Å²) in [5, 5.41) is 10.1. The molecule has 0 aromatic heterocycles. The van der Waals surface area contributed by atoms with Crippen LogP contribution in [0.1, 0.15) is 31.1 Å². The minimum Gasteiger partial charge on any atom is -0.480 e. The second kappa shape index (κ2) is 7.17. The molecule has 3 unspecified atom stereocenters. The van der Waals surface area contributed by atoms with E-state index in [1.54, 1.807) is 12.1 Å². The van der Waals surface area contributed by atoms with E-state index in [4.69, 9.17) is 5.11 Å². The highest BCUT2D eigenvalue weighted by Gasteiger charge is 2.26. The molecule has 0 saturated carbocycles. The normalized spacial score (nSPS) is 14.8. The van der Waals surface area contributed by atoms with Crippen molar-refractivity contribution < 1.29 is 18.9 Å². The van der Waals surface area contributed by atoms with Crippen LogP contribution in [0.25, 0.3) is 0 Å². The Hall–Kier alpha value is -1.95. The lowest BCUT2D eigenvalue weighted by molar-refractivity contribution is -0.136. The largest absolute Gasteiger partial charge is 0.480 e. The number of anilines is 1. The first kappa shape index (κ1) is 17.1. The second-order valence-corrected chi connectivity index (χ2v) is 6.53. The maximum atomic E-state index is 11.9. The van der Waals surface area contributed by atoms with Crippen molar-refractivity contribution in [2.24, 2.45) is 0 Å². The van der Waals surface area contributed by atoms with Gasteiger partial charge in [0.2, 0.25) is 5.12 Å². The average molecular weight is 309 g/mol. The van der Waals surface area contributed by atoms with Crippen molar-refractivity contribution in [3.05, 3.63) is 42.0 Å². The lowest BCUT2D eigenvalue weighted by Gasteiger charge is -2.15. The van der Waals surface area contributed by atoms with Gasteiger partial charge in [0.05, 0.1) is 0 Å². The predicted octanol–water partition coefficient (Wildman–Crippen LogP) is 2.43. The SMILES string of the molecule is C=C(C)C(C)Nc1ccc(C(=O)S(=O)C(C)C(=O)O)cc1. The zero-order valence-electron chi connectivity index (χ0n) is 12.3. The molecule has 0 saturated heterocycles. The molecule has 0 amide bonds. The molecule has 0 aliphatic carbocycles. The van der Waals surface area contributed by atoms with Crippen LogP contribution in [0.2, 0.25) is 0 Å². The Kier molecular flexibility index (Phi) is 5.84. The van der Waals surface area contributed by atoms with Crippen molar-refractivity contribution >= 4 is 27.6 Å². The molecule has 3 atom stereocenters. The van der Waals surface area contributed by atoms with Crippen LogP contribution in [0.5, 0.6) is 0 Å². The van der Waals surface area contributed by atoms with Crippen molar-refractivity contribution in [2.75, 3.05) is 5.32 Å². The summed E-state index contributed by atoms with van der Waals surface area (Å²) in [6, 6.07) is 6.53. The van der Waals surface area contributed by atoms with E-state index in [1.807, 2.05) is 13.8 Å². The first-order valence-electron chi connectivity index (χ1n) is 6.43. The third-order valence-electron chi connectivity index (χ3n) is 3.09. The molecule has 0 bridgehead atoms. The molecular formula is C15H19NO4S. The summed E-state index contributed by atoms with van der Waals surface area (Å²) in [5.41, 5.74) is 2.01. The molecule has 114 valence electrons. The molecule has 0 heterocycles. The summed E-state index contributed by atoms with van der Waals surface area (Å²) in [5.74, 6) is -1.25. The van der Waals surface area contributed by atoms with Gasteiger partial charge >= 0.3 is 5.97 Å². The van der Waals surface area contributed by atoms with Gasteiger partial charge in [-0.3, -0.25) is 13.8 Å². The zero-order valence-corrected chi connectivity index (χ0v) is 13.1. The zero-order chi connectivity index (χ0) is 16.2. The van der Waals surface area contributed by atoms with Gasteiger partial charge < -0.3 is 10.4 Å². The molecule has 1 aromatic rings. The van der Waals surface area contributed by atoms with Crippen LogP contribution in [-0.4, -0.2) is 31.7 Å². The van der Waals surface area contributed by atoms with E-state index in [0.717, 1.165) is 11.3 Å². The summed E-state index contributed by atoms with van der Waals surface area (Å²) in [6.45, 7) is 8.97. The highest BCUT2D eigenvalue weighted by molar-refractivity contribution is 8.02. The Bertz CT molecular complexity index is 580. The van der Waals surface area contributed by atoms with E-state index in [0.29, 0.717) is 0 Å². The van der Waals surface area contributed by atoms with Crippen molar-refractivity contribution in [1.29, 1.82) is 0 Å². The molecule has 2 N–H and O–H groups in total. The van der Waals surface area contributed by atoms with Crippen LogP contribution in [0, 0.1) is 0 Å². The highest BCUT2D eigenvalue weighted by atomic mass is 32.2. The number of aliphatic carboxylic acids is 1. The van der Waals surface area contributed by atoms with E-state index < -0.39 is 27.1 Å². The molecule has 5 nitrogen and oxygen atoms in total. The van der Waals surface area contributed by atoms with Gasteiger partial charge in [-0.15, -0.1) is 0 Å². The number of carbonyl (C=O) groups excluding carboxylic acids is 1. The van der Waals surface area contributed by atoms with Gasteiger partial charge in [0, 0.05) is 17.3 Å². The van der Waals surface area contributed by atoms with Gasteiger partial charge in [0.1, 0.15) is 16.0 Å². The molecule has 6 heteroatoms. The topological polar surface area (TPSA) is 83.5 Å². The number of nitrogens with one attached hydrogen (secondary N) is 1. The molecule has 1 rings (SSSR count). The lowest BCUT2D eigenvalue weighted by Crippen LogP contribution is -2.27. The maximum absolute atomic E-state index is 11.9. The fourth-order valence-corrected chi connectivity index (χ4v) is 2.32. The average Bonchev–Trinajstić information content (AvgIpc) is 2.45. The van der Waals surface area contributed by atoms with Crippen molar-refractivity contribution in [1.82, 2.24) is 0 Å². The van der Waals surface area contributed by atoms with E-state index >= 15 is 0 Å². The molecule has 1 aromatic carbocycles. The molecule has 0 aliphatic rings. The number of carboxylic acids is 1. The Morgan fingerprint density at radius 2 is 1.76 bits per heavy atom.